The van der Waals surface area contributed by atoms with Crippen molar-refractivity contribution in [2.24, 2.45) is 23.2 Å². The van der Waals surface area contributed by atoms with E-state index in [1.807, 2.05) is 6.92 Å². The van der Waals surface area contributed by atoms with Crippen molar-refractivity contribution in [1.82, 2.24) is 31.1 Å². The third kappa shape index (κ3) is 14.4. The molecule has 14 nitrogen and oxygen atoms in total. The fraction of sp³-hybridized carbons (Fsp3) is 0.861. The van der Waals surface area contributed by atoms with E-state index < -0.39 is 29.8 Å². The van der Waals surface area contributed by atoms with Crippen molar-refractivity contribution in [3.63, 3.8) is 0 Å². The van der Waals surface area contributed by atoms with Crippen LogP contribution in [-0.2, 0) is 24.0 Å². The molecule has 4 saturated carbocycles. The van der Waals surface area contributed by atoms with Crippen molar-refractivity contribution in [2.45, 2.75) is 142 Å². The second-order valence-corrected chi connectivity index (χ2v) is 15.2. The predicted molar refractivity (Wildman–Crippen MR) is 185 cm³/mol. The quantitative estimate of drug-likeness (QED) is 0.0351. The molecular weight excluding hydrogens is 644 g/mol. The van der Waals surface area contributed by atoms with E-state index in [1.165, 1.54) is 45.4 Å². The van der Waals surface area contributed by atoms with Gasteiger partial charge in [-0.2, -0.15) is 0 Å². The van der Waals surface area contributed by atoms with E-state index in [0.29, 0.717) is 65.7 Å². The number of carbonyl (C=O) groups is 5. The number of hydrogen-bond acceptors (Lipinski definition) is 9. The van der Waals surface area contributed by atoms with Crippen LogP contribution < -0.4 is 16.0 Å². The average molecular weight is 709 g/mol. The third-order valence-electron chi connectivity index (χ3n) is 10.8. The summed E-state index contributed by atoms with van der Waals surface area (Å²) in [6, 6.07) is 0. The molecule has 14 heteroatoms. The summed E-state index contributed by atoms with van der Waals surface area (Å²) < 4.78 is 0. The second kappa shape index (κ2) is 21.5. The summed E-state index contributed by atoms with van der Waals surface area (Å²) in [6.45, 7) is 6.05. The van der Waals surface area contributed by atoms with Gasteiger partial charge in [0.05, 0.1) is 0 Å². The summed E-state index contributed by atoms with van der Waals surface area (Å²) in [7, 11) is 0. The van der Waals surface area contributed by atoms with Gasteiger partial charge >= 0.3 is 0 Å². The van der Waals surface area contributed by atoms with Gasteiger partial charge in [-0.3, -0.25) is 39.6 Å². The van der Waals surface area contributed by atoms with E-state index in [1.54, 1.807) is 0 Å². The lowest BCUT2D eigenvalue weighted by molar-refractivity contribution is -0.181. The van der Waals surface area contributed by atoms with Gasteiger partial charge in [0.25, 0.3) is 0 Å². The number of hydroxylamine groups is 6. The average Bonchev–Trinajstić information content (AvgIpc) is 3.07. The second-order valence-electron chi connectivity index (χ2n) is 15.2. The highest BCUT2D eigenvalue weighted by Gasteiger charge is 2.50. The zero-order chi connectivity index (χ0) is 36.5. The fourth-order valence-corrected chi connectivity index (χ4v) is 8.48. The summed E-state index contributed by atoms with van der Waals surface area (Å²) >= 11 is 0. The fourth-order valence-electron chi connectivity index (χ4n) is 8.48. The maximum Gasteiger partial charge on any atom is 0.248 e. The Morgan fingerprint density at radius 3 is 1.86 bits per heavy atom. The SMILES string of the molecule is CCCCC(NC(=O)CCC(=O)N(O)CCCCCNCC12CC3CC(CC(C3)C1)C2)N(O)C(=O)CCC(=O)NCCCCCN(O)C(C)=O. The van der Waals surface area contributed by atoms with Crippen LogP contribution in [0.1, 0.15) is 136 Å². The molecule has 4 aliphatic rings. The van der Waals surface area contributed by atoms with Crippen molar-refractivity contribution >= 4 is 29.5 Å². The maximum atomic E-state index is 12.6. The molecule has 6 N–H and O–H groups in total. The monoisotopic (exact) mass is 708 g/mol. The van der Waals surface area contributed by atoms with Gasteiger partial charge in [0.2, 0.25) is 29.5 Å². The largest absolute Gasteiger partial charge is 0.356 e. The molecule has 1 unspecified atom stereocenters. The van der Waals surface area contributed by atoms with Gasteiger partial charge in [0.1, 0.15) is 6.17 Å². The molecule has 5 amide bonds. The maximum absolute atomic E-state index is 12.6. The third-order valence-corrected chi connectivity index (χ3v) is 10.8. The Balaban J connectivity index is 1.24. The Bertz CT molecular complexity index is 1070. The van der Waals surface area contributed by atoms with E-state index >= 15 is 0 Å². The molecule has 0 saturated heterocycles. The van der Waals surface area contributed by atoms with Crippen molar-refractivity contribution < 1.29 is 39.6 Å². The Labute approximate surface area is 297 Å². The van der Waals surface area contributed by atoms with Crippen molar-refractivity contribution in [3.8, 4) is 0 Å². The van der Waals surface area contributed by atoms with Crippen LogP contribution in [-0.4, -0.2) is 99.2 Å². The number of unbranched alkanes of at least 4 members (excludes halogenated alkanes) is 5. The van der Waals surface area contributed by atoms with Crippen LogP contribution in [0.3, 0.4) is 0 Å². The first kappa shape index (κ1) is 41.6. The van der Waals surface area contributed by atoms with Crippen molar-refractivity contribution in [3.05, 3.63) is 0 Å². The topological polar surface area (TPSA) is 192 Å². The molecule has 0 aromatic carbocycles. The molecule has 286 valence electrons. The van der Waals surface area contributed by atoms with Crippen LogP contribution in [0.25, 0.3) is 0 Å². The molecule has 4 rings (SSSR count). The standard InChI is InChI=1S/C36H64N6O8/c1-3-4-11-31(42(50)35(47)15-12-32(44)38-17-8-6-9-18-40(48)27(2)43)39-33(45)13-14-34(46)41(49)19-10-5-7-16-37-26-36-23-28-20-29(24-36)22-30(21-28)25-36/h28-31,37,48-50H,3-26H2,1-2H3,(H,38,44)(H,39,45). The van der Waals surface area contributed by atoms with Gasteiger partial charge in [-0.15, -0.1) is 0 Å². The van der Waals surface area contributed by atoms with Crippen LogP contribution in [0.5, 0.6) is 0 Å². The first-order valence-electron chi connectivity index (χ1n) is 19.1. The first-order valence-corrected chi connectivity index (χ1v) is 19.1. The number of amides is 5. The van der Waals surface area contributed by atoms with Gasteiger partial charge < -0.3 is 16.0 Å². The summed E-state index contributed by atoms with van der Waals surface area (Å²) in [5, 5.41) is 40.9. The van der Waals surface area contributed by atoms with Crippen LogP contribution >= 0.6 is 0 Å². The molecule has 0 aromatic rings. The van der Waals surface area contributed by atoms with Gasteiger partial charge in [-0.1, -0.05) is 19.8 Å². The number of carbonyl (C=O) groups excluding carboxylic acids is 5. The molecule has 0 spiro atoms. The molecule has 0 heterocycles. The van der Waals surface area contributed by atoms with Crippen LogP contribution in [0.15, 0.2) is 0 Å². The number of hydrogen-bond donors (Lipinski definition) is 6. The molecule has 0 radical (unpaired) electrons. The Morgan fingerprint density at radius 2 is 1.26 bits per heavy atom. The summed E-state index contributed by atoms with van der Waals surface area (Å²) in [4.78, 5) is 60.9. The number of nitrogens with zero attached hydrogens (tertiary/aromatic N) is 3. The minimum Gasteiger partial charge on any atom is -0.356 e. The molecule has 4 aliphatic carbocycles. The molecule has 50 heavy (non-hydrogen) atoms. The van der Waals surface area contributed by atoms with E-state index in [-0.39, 0.29) is 44.7 Å². The highest BCUT2D eigenvalue weighted by atomic mass is 16.5. The molecule has 0 aromatic heterocycles. The van der Waals surface area contributed by atoms with Gasteiger partial charge in [0.15, 0.2) is 0 Å². The van der Waals surface area contributed by atoms with E-state index in [2.05, 4.69) is 16.0 Å². The lowest BCUT2D eigenvalue weighted by Gasteiger charge is -2.57. The van der Waals surface area contributed by atoms with Gasteiger partial charge in [0, 0.05) is 58.8 Å². The Hall–Kier alpha value is -2.81. The summed E-state index contributed by atoms with van der Waals surface area (Å²) in [5.74, 6) is 0.261. The smallest absolute Gasteiger partial charge is 0.248 e. The Morgan fingerprint density at radius 1 is 0.700 bits per heavy atom. The number of nitrogens with one attached hydrogen (secondary N) is 3. The van der Waals surface area contributed by atoms with Gasteiger partial charge in [-0.05, 0) is 113 Å². The molecular formula is C36H64N6O8. The zero-order valence-electron chi connectivity index (χ0n) is 30.5. The minimum atomic E-state index is -1.00. The summed E-state index contributed by atoms with van der Waals surface area (Å²) in [6.07, 6.45) is 12.8. The normalized spacial score (nSPS) is 22.5. The van der Waals surface area contributed by atoms with Crippen molar-refractivity contribution in [2.75, 3.05) is 32.7 Å². The molecule has 4 bridgehead atoms. The Kier molecular flexibility index (Phi) is 17.9. The lowest BCUT2D eigenvalue weighted by atomic mass is 9.49. The van der Waals surface area contributed by atoms with Crippen LogP contribution in [0.2, 0.25) is 0 Å². The molecule has 0 aliphatic heterocycles. The lowest BCUT2D eigenvalue weighted by Crippen LogP contribution is -2.50. The summed E-state index contributed by atoms with van der Waals surface area (Å²) in [5.41, 5.74) is 0.515. The van der Waals surface area contributed by atoms with E-state index in [4.69, 9.17) is 0 Å². The highest BCUT2D eigenvalue weighted by Crippen LogP contribution is 2.59. The van der Waals surface area contributed by atoms with E-state index in [9.17, 15) is 39.6 Å². The van der Waals surface area contributed by atoms with Crippen LogP contribution in [0.4, 0.5) is 0 Å². The first-order chi connectivity index (χ1) is 23.9. The number of rotatable bonds is 25. The minimum absolute atomic E-state index is 0.141. The molecule has 1 atom stereocenters. The highest BCUT2D eigenvalue weighted by molar-refractivity contribution is 5.85. The molecule has 4 fully saturated rings. The van der Waals surface area contributed by atoms with Crippen LogP contribution in [0, 0.1) is 23.2 Å². The van der Waals surface area contributed by atoms with E-state index in [0.717, 1.165) is 50.1 Å². The zero-order valence-corrected chi connectivity index (χ0v) is 30.5. The predicted octanol–water partition coefficient (Wildman–Crippen LogP) is 4.12. The van der Waals surface area contributed by atoms with Gasteiger partial charge in [-0.25, -0.2) is 15.2 Å². The van der Waals surface area contributed by atoms with Crippen molar-refractivity contribution in [1.29, 1.82) is 0 Å².